The monoisotopic (exact) mass is 550 g/mol. The largest absolute Gasteiger partial charge is 0.507 e. The number of ketones is 3. The number of aryl methyl sites for hydroxylation is 1. The van der Waals surface area contributed by atoms with Crippen molar-refractivity contribution in [3.63, 3.8) is 0 Å². The highest BCUT2D eigenvalue weighted by atomic mass is 16.5. The third kappa shape index (κ3) is 3.05. The van der Waals surface area contributed by atoms with Crippen LogP contribution in [0.1, 0.15) is 82.4 Å². The van der Waals surface area contributed by atoms with Crippen molar-refractivity contribution < 1.29 is 49.4 Å². The molecule has 40 heavy (non-hydrogen) atoms. The number of benzene rings is 2. The lowest BCUT2D eigenvalue weighted by Gasteiger charge is -2.40. The summed E-state index contributed by atoms with van der Waals surface area (Å²) in [5.74, 6) is -5.05. The van der Waals surface area contributed by atoms with E-state index >= 15 is 0 Å². The molecule has 2 atom stereocenters. The van der Waals surface area contributed by atoms with Gasteiger partial charge in [-0.15, -0.1) is 0 Å². The number of phenols is 4. The lowest BCUT2D eigenvalue weighted by Crippen LogP contribution is -2.53. The molecule has 10 nitrogen and oxygen atoms in total. The van der Waals surface area contributed by atoms with Gasteiger partial charge >= 0.3 is 0 Å². The Balaban J connectivity index is 1.90. The van der Waals surface area contributed by atoms with Crippen LogP contribution in [-0.4, -0.2) is 61.7 Å². The second kappa shape index (κ2) is 8.34. The standard InChI is InChI=1S/C30H30O10/c1-10-8-15(12(3)31)22(33)16(21(10)32)9-14-11(2)17-18-19(23(14)34)24(35)26(39-7)25(36)20(18)27(37)30(38)28(17)40-13(4)29(30,5)6/h8,13,32-33,35-36,38H,9H2,1-7H3/t13-,30?/m0/s1. The number of aliphatic hydroxyl groups is 1. The van der Waals surface area contributed by atoms with Crippen LogP contribution < -0.4 is 4.74 Å². The molecule has 0 saturated carbocycles. The fourth-order valence-corrected chi connectivity index (χ4v) is 6.03. The van der Waals surface area contributed by atoms with Crippen molar-refractivity contribution in [1.82, 2.24) is 0 Å². The highest BCUT2D eigenvalue weighted by Crippen LogP contribution is 2.61. The predicted molar refractivity (Wildman–Crippen MR) is 142 cm³/mol. The second-order valence-electron chi connectivity index (χ2n) is 11.2. The molecule has 1 aliphatic heterocycles. The molecule has 210 valence electrons. The van der Waals surface area contributed by atoms with E-state index in [1.165, 1.54) is 13.0 Å². The molecule has 2 aromatic rings. The fraction of sp³-hybridized carbons (Fsp3) is 0.367. The Bertz CT molecular complexity index is 1660. The molecule has 0 radical (unpaired) electrons. The maximum atomic E-state index is 14.0. The van der Waals surface area contributed by atoms with E-state index in [2.05, 4.69) is 0 Å². The number of aromatic hydroxyl groups is 4. The number of Topliss-reactive ketones (excluding diaryl/α,β-unsaturated/α-hetero) is 3. The van der Waals surface area contributed by atoms with E-state index < -0.39 is 57.5 Å². The number of phenolic OH excluding ortho intramolecular Hbond substituents is 4. The average Bonchev–Trinajstić information content (AvgIpc) is 3.06. The van der Waals surface area contributed by atoms with Crippen LogP contribution in [0.3, 0.4) is 0 Å². The van der Waals surface area contributed by atoms with Crippen LogP contribution in [0.4, 0.5) is 0 Å². The molecule has 5 rings (SSSR count). The molecule has 0 aromatic heterocycles. The van der Waals surface area contributed by atoms with Crippen molar-refractivity contribution in [2.45, 2.75) is 59.7 Å². The van der Waals surface area contributed by atoms with Crippen molar-refractivity contribution in [2.24, 2.45) is 5.41 Å². The first kappa shape index (κ1) is 27.3. The van der Waals surface area contributed by atoms with Crippen LogP contribution in [0.5, 0.6) is 28.7 Å². The Morgan fingerprint density at radius 3 is 2.17 bits per heavy atom. The summed E-state index contributed by atoms with van der Waals surface area (Å²) in [6.45, 7) is 9.32. The molecular formula is C30H30O10. The zero-order valence-electron chi connectivity index (χ0n) is 23.1. The van der Waals surface area contributed by atoms with Gasteiger partial charge in [0, 0.05) is 34.1 Å². The van der Waals surface area contributed by atoms with Crippen LogP contribution in [-0.2, 0) is 11.2 Å². The molecule has 1 heterocycles. The van der Waals surface area contributed by atoms with Crippen LogP contribution in [0, 0.1) is 12.3 Å². The molecule has 0 bridgehead atoms. The number of hydrogen-bond donors (Lipinski definition) is 5. The number of carbonyl (C=O) groups is 3. The number of ether oxygens (including phenoxy) is 2. The summed E-state index contributed by atoms with van der Waals surface area (Å²) in [7, 11) is 1.14. The first-order valence-electron chi connectivity index (χ1n) is 12.7. The smallest absolute Gasteiger partial charge is 0.207 e. The van der Waals surface area contributed by atoms with Gasteiger partial charge in [-0.25, -0.2) is 0 Å². The van der Waals surface area contributed by atoms with Crippen molar-refractivity contribution in [2.75, 3.05) is 7.11 Å². The summed E-state index contributed by atoms with van der Waals surface area (Å²) in [5, 5.41) is 55.9. The van der Waals surface area contributed by atoms with E-state index in [1.54, 1.807) is 34.6 Å². The van der Waals surface area contributed by atoms with Gasteiger partial charge in [0.15, 0.2) is 28.7 Å². The predicted octanol–water partition coefficient (Wildman–Crippen LogP) is 3.87. The molecule has 2 aliphatic carbocycles. The van der Waals surface area contributed by atoms with Crippen LogP contribution in [0.2, 0.25) is 0 Å². The summed E-state index contributed by atoms with van der Waals surface area (Å²) >= 11 is 0. The van der Waals surface area contributed by atoms with E-state index in [-0.39, 0.29) is 62.5 Å². The summed E-state index contributed by atoms with van der Waals surface area (Å²) in [4.78, 5) is 40.2. The summed E-state index contributed by atoms with van der Waals surface area (Å²) < 4.78 is 11.3. The fourth-order valence-electron chi connectivity index (χ4n) is 6.03. The number of fused-ring (bicyclic) bond motifs is 1. The number of methoxy groups -OCH3 is 1. The zero-order chi connectivity index (χ0) is 29.8. The third-order valence-corrected chi connectivity index (χ3v) is 8.84. The van der Waals surface area contributed by atoms with Crippen LogP contribution >= 0.6 is 0 Å². The SMILES string of the molecule is COc1c(O)c2c3c(c1O)C(=O)C1(O)C(=C3C(C)=C(Cc3c(O)c(C)cc(C(C)=O)c3O)C2=O)O[C@@H](C)C1(C)C. The first-order chi connectivity index (χ1) is 18.5. The van der Waals surface area contributed by atoms with E-state index in [4.69, 9.17) is 9.47 Å². The summed E-state index contributed by atoms with van der Waals surface area (Å²) in [6.07, 6.45) is -1.04. The van der Waals surface area contributed by atoms with Crippen molar-refractivity contribution in [3.8, 4) is 28.7 Å². The van der Waals surface area contributed by atoms with Gasteiger partial charge in [-0.05, 0) is 44.9 Å². The minimum atomic E-state index is -2.24. The van der Waals surface area contributed by atoms with Gasteiger partial charge in [0.1, 0.15) is 23.4 Å². The molecule has 0 spiro atoms. The number of rotatable bonds is 4. The quantitative estimate of drug-likeness (QED) is 0.352. The average molecular weight is 551 g/mol. The highest BCUT2D eigenvalue weighted by molar-refractivity contribution is 6.26. The Morgan fingerprint density at radius 1 is 1.00 bits per heavy atom. The van der Waals surface area contributed by atoms with Gasteiger partial charge in [0.25, 0.3) is 0 Å². The second-order valence-corrected chi connectivity index (χ2v) is 11.2. The van der Waals surface area contributed by atoms with Crippen molar-refractivity contribution in [3.05, 3.63) is 56.4 Å². The Kier molecular flexibility index (Phi) is 5.69. The van der Waals surface area contributed by atoms with E-state index in [1.807, 2.05) is 0 Å². The molecular weight excluding hydrogens is 520 g/mol. The van der Waals surface area contributed by atoms with Crippen LogP contribution in [0.25, 0.3) is 5.57 Å². The molecule has 10 heteroatoms. The first-order valence-corrected chi connectivity index (χ1v) is 12.7. The molecule has 3 aliphatic rings. The minimum Gasteiger partial charge on any atom is -0.507 e. The van der Waals surface area contributed by atoms with Gasteiger partial charge < -0.3 is 35.0 Å². The normalized spacial score (nSPS) is 22.8. The van der Waals surface area contributed by atoms with Gasteiger partial charge in [0.05, 0.1) is 23.8 Å². The van der Waals surface area contributed by atoms with E-state index in [9.17, 15) is 39.9 Å². The van der Waals surface area contributed by atoms with Crippen molar-refractivity contribution in [1.29, 1.82) is 0 Å². The topological polar surface area (TPSA) is 171 Å². The maximum absolute atomic E-state index is 14.0. The molecule has 5 N–H and O–H groups in total. The number of hydrogen-bond acceptors (Lipinski definition) is 10. The highest BCUT2D eigenvalue weighted by Gasteiger charge is 2.66. The summed E-state index contributed by atoms with van der Waals surface area (Å²) in [5.41, 5.74) is -3.73. The molecule has 2 aromatic carbocycles. The molecule has 0 amide bonds. The summed E-state index contributed by atoms with van der Waals surface area (Å²) in [6, 6.07) is 1.34. The van der Waals surface area contributed by atoms with E-state index in [0.717, 1.165) is 7.11 Å². The Morgan fingerprint density at radius 2 is 1.60 bits per heavy atom. The third-order valence-electron chi connectivity index (χ3n) is 8.84. The zero-order valence-corrected chi connectivity index (χ0v) is 23.1. The van der Waals surface area contributed by atoms with Gasteiger partial charge in [0.2, 0.25) is 11.5 Å². The maximum Gasteiger partial charge on any atom is 0.207 e. The van der Waals surface area contributed by atoms with Crippen LogP contribution in [0.15, 0.2) is 23.0 Å². The number of allylic oxidation sites excluding steroid dienone is 3. The lowest BCUT2D eigenvalue weighted by atomic mass is 9.62. The van der Waals surface area contributed by atoms with Gasteiger partial charge in [-0.2, -0.15) is 0 Å². The molecule has 1 unspecified atom stereocenters. The van der Waals surface area contributed by atoms with Crippen molar-refractivity contribution >= 4 is 22.9 Å². The Labute approximate surface area is 229 Å². The lowest BCUT2D eigenvalue weighted by molar-refractivity contribution is -0.00671. The number of carbonyl (C=O) groups excluding carboxylic acids is 3. The molecule has 1 fully saturated rings. The minimum absolute atomic E-state index is 0.00708. The van der Waals surface area contributed by atoms with Gasteiger partial charge in [-0.1, -0.05) is 13.8 Å². The van der Waals surface area contributed by atoms with E-state index in [0.29, 0.717) is 5.56 Å². The van der Waals surface area contributed by atoms with Gasteiger partial charge in [-0.3, -0.25) is 14.4 Å². The molecule has 1 saturated heterocycles. The Hall–Kier alpha value is -4.31.